The van der Waals surface area contributed by atoms with Gasteiger partial charge in [-0.2, -0.15) is 0 Å². The lowest BCUT2D eigenvalue weighted by molar-refractivity contribution is -0.141. The van der Waals surface area contributed by atoms with E-state index in [1.165, 1.54) is 6.92 Å². The van der Waals surface area contributed by atoms with Crippen molar-refractivity contribution in [1.29, 1.82) is 0 Å². The van der Waals surface area contributed by atoms with Crippen LogP contribution in [0, 0.1) is 23.4 Å². The number of nitrogens with one attached hydrogen (secondary N) is 1. The van der Waals surface area contributed by atoms with Gasteiger partial charge < -0.3 is 5.11 Å². The van der Waals surface area contributed by atoms with Crippen molar-refractivity contribution < 1.29 is 31.5 Å². The van der Waals surface area contributed by atoms with Crippen molar-refractivity contribution in [1.82, 2.24) is 4.72 Å². The number of carboxylic acid groups (broad SMARTS) is 1. The molecule has 9 heteroatoms. The smallest absolute Gasteiger partial charge is 0.306 e. The van der Waals surface area contributed by atoms with Crippen LogP contribution in [0.2, 0.25) is 0 Å². The maximum Gasteiger partial charge on any atom is 0.306 e. The highest BCUT2D eigenvalue weighted by Gasteiger charge is 2.25. The fourth-order valence-electron chi connectivity index (χ4n) is 1.39. The Balaban J connectivity index is 2.88. The summed E-state index contributed by atoms with van der Waals surface area (Å²) >= 11 is 0. The van der Waals surface area contributed by atoms with Crippen LogP contribution in [0.5, 0.6) is 0 Å². The molecule has 0 aromatic heterocycles. The molecule has 0 spiro atoms. The van der Waals surface area contributed by atoms with Crippen molar-refractivity contribution in [3.63, 3.8) is 0 Å². The number of carbonyl (C=O) groups is 1. The number of rotatable bonds is 6. The summed E-state index contributed by atoms with van der Waals surface area (Å²) < 4.78 is 64.6. The van der Waals surface area contributed by atoms with Crippen molar-refractivity contribution in [2.45, 2.75) is 18.2 Å². The fraction of sp³-hybridized carbons (Fsp3) is 0.364. The number of carboxylic acids is 1. The average molecular weight is 311 g/mol. The van der Waals surface area contributed by atoms with E-state index in [0.29, 0.717) is 0 Å². The summed E-state index contributed by atoms with van der Waals surface area (Å²) in [4.78, 5) is 9.24. The number of aliphatic carboxylic acids is 1. The maximum absolute atomic E-state index is 13.3. The molecule has 0 aliphatic carbocycles. The second-order valence-electron chi connectivity index (χ2n) is 4.12. The van der Waals surface area contributed by atoms with Crippen LogP contribution < -0.4 is 4.72 Å². The molecule has 0 radical (unpaired) electrons. The highest BCUT2D eigenvalue weighted by Crippen LogP contribution is 2.20. The number of hydrogen-bond acceptors (Lipinski definition) is 3. The number of hydrogen-bond donors (Lipinski definition) is 2. The van der Waals surface area contributed by atoms with Crippen molar-refractivity contribution in [2.75, 3.05) is 6.54 Å². The minimum atomic E-state index is -4.52. The van der Waals surface area contributed by atoms with Gasteiger partial charge in [0, 0.05) is 18.7 Å². The van der Waals surface area contributed by atoms with Crippen LogP contribution in [-0.4, -0.2) is 26.0 Å². The molecule has 0 bridgehead atoms. The summed E-state index contributed by atoms with van der Waals surface area (Å²) in [5, 5.41) is 8.61. The molecule has 1 atom stereocenters. The summed E-state index contributed by atoms with van der Waals surface area (Å²) in [5.74, 6) is -6.29. The lowest BCUT2D eigenvalue weighted by atomic mass is 10.1. The standard InChI is InChI=1S/C11H12F3NO4S/c1-6(11(16)17)2-3-15-20(18,19)10-8(13)4-7(12)5-9(10)14/h4-6,15H,2-3H2,1H3,(H,16,17). The Morgan fingerprint density at radius 1 is 1.30 bits per heavy atom. The largest absolute Gasteiger partial charge is 0.481 e. The molecule has 20 heavy (non-hydrogen) atoms. The van der Waals surface area contributed by atoms with Crippen LogP contribution in [0.3, 0.4) is 0 Å². The first-order chi connectivity index (χ1) is 9.15. The Kier molecular flexibility index (Phi) is 5.12. The first kappa shape index (κ1) is 16.4. The molecule has 1 rings (SSSR count). The Labute approximate surface area is 113 Å². The van der Waals surface area contributed by atoms with Crippen LogP contribution in [0.4, 0.5) is 13.2 Å². The zero-order valence-electron chi connectivity index (χ0n) is 10.4. The number of benzene rings is 1. The van der Waals surface area contributed by atoms with E-state index >= 15 is 0 Å². The van der Waals surface area contributed by atoms with E-state index < -0.39 is 44.3 Å². The van der Waals surface area contributed by atoms with Gasteiger partial charge in [-0.15, -0.1) is 0 Å². The van der Waals surface area contributed by atoms with Crippen molar-refractivity contribution in [2.24, 2.45) is 5.92 Å². The zero-order chi connectivity index (χ0) is 15.5. The molecule has 112 valence electrons. The van der Waals surface area contributed by atoms with Crippen LogP contribution in [0.15, 0.2) is 17.0 Å². The van der Waals surface area contributed by atoms with Gasteiger partial charge in [-0.3, -0.25) is 4.79 Å². The van der Waals surface area contributed by atoms with Gasteiger partial charge in [0.1, 0.15) is 17.5 Å². The third-order valence-electron chi connectivity index (χ3n) is 2.52. The molecule has 0 saturated heterocycles. The summed E-state index contributed by atoms with van der Waals surface area (Å²) in [6.45, 7) is 1.04. The molecule has 0 fully saturated rings. The number of halogens is 3. The number of sulfonamides is 1. The minimum Gasteiger partial charge on any atom is -0.481 e. The van der Waals surface area contributed by atoms with Gasteiger partial charge in [-0.05, 0) is 6.42 Å². The normalized spacial score (nSPS) is 13.2. The third kappa shape index (κ3) is 3.94. The van der Waals surface area contributed by atoms with E-state index in [1.54, 1.807) is 0 Å². The summed E-state index contributed by atoms with van der Waals surface area (Å²) in [5.41, 5.74) is 0. The molecule has 0 aliphatic rings. The second-order valence-corrected chi connectivity index (χ2v) is 5.83. The third-order valence-corrected chi connectivity index (χ3v) is 4.03. The molecule has 0 amide bonds. The lowest BCUT2D eigenvalue weighted by Crippen LogP contribution is -2.28. The Hall–Kier alpha value is -1.61. The Morgan fingerprint density at radius 2 is 1.80 bits per heavy atom. The zero-order valence-corrected chi connectivity index (χ0v) is 11.2. The van der Waals surface area contributed by atoms with Crippen molar-refractivity contribution in [3.8, 4) is 0 Å². The van der Waals surface area contributed by atoms with Crippen LogP contribution in [0.25, 0.3) is 0 Å². The molecule has 0 saturated carbocycles. The van der Waals surface area contributed by atoms with Gasteiger partial charge in [0.05, 0.1) is 5.92 Å². The molecule has 0 heterocycles. The van der Waals surface area contributed by atoms with E-state index in [0.717, 1.165) is 0 Å². The quantitative estimate of drug-likeness (QED) is 0.834. The fourth-order valence-corrected chi connectivity index (χ4v) is 2.55. The monoisotopic (exact) mass is 311 g/mol. The Morgan fingerprint density at radius 3 is 2.25 bits per heavy atom. The highest BCUT2D eigenvalue weighted by atomic mass is 32.2. The van der Waals surface area contributed by atoms with Gasteiger partial charge in [0.15, 0.2) is 4.90 Å². The SMILES string of the molecule is CC(CCNS(=O)(=O)c1c(F)cc(F)cc1F)C(=O)O. The van der Waals surface area contributed by atoms with Crippen molar-refractivity contribution >= 4 is 16.0 Å². The van der Waals surface area contributed by atoms with Crippen LogP contribution >= 0.6 is 0 Å². The van der Waals surface area contributed by atoms with E-state index in [9.17, 15) is 26.4 Å². The lowest BCUT2D eigenvalue weighted by Gasteiger charge is -2.10. The van der Waals surface area contributed by atoms with Gasteiger partial charge in [-0.1, -0.05) is 6.92 Å². The highest BCUT2D eigenvalue weighted by molar-refractivity contribution is 7.89. The molecular weight excluding hydrogens is 299 g/mol. The maximum atomic E-state index is 13.3. The molecule has 1 unspecified atom stereocenters. The molecule has 5 nitrogen and oxygen atoms in total. The summed E-state index contributed by atoms with van der Waals surface area (Å²) in [6.07, 6.45) is -0.0566. The van der Waals surface area contributed by atoms with Gasteiger partial charge in [-0.25, -0.2) is 26.3 Å². The molecule has 1 aromatic rings. The molecule has 0 aliphatic heterocycles. The summed E-state index contributed by atoms with van der Waals surface area (Å²) in [7, 11) is -4.52. The van der Waals surface area contributed by atoms with E-state index in [2.05, 4.69) is 0 Å². The molecule has 2 N–H and O–H groups in total. The van der Waals surface area contributed by atoms with Gasteiger partial charge in [0.2, 0.25) is 10.0 Å². The van der Waals surface area contributed by atoms with Gasteiger partial charge in [0.25, 0.3) is 0 Å². The molecular formula is C11H12F3NO4S. The first-order valence-electron chi connectivity index (χ1n) is 5.52. The van der Waals surface area contributed by atoms with Crippen molar-refractivity contribution in [3.05, 3.63) is 29.6 Å². The van der Waals surface area contributed by atoms with E-state index in [4.69, 9.17) is 5.11 Å². The minimum absolute atomic E-state index is 0.0566. The van der Waals surface area contributed by atoms with Crippen LogP contribution in [-0.2, 0) is 14.8 Å². The van der Waals surface area contributed by atoms with Crippen LogP contribution in [0.1, 0.15) is 13.3 Å². The second kappa shape index (κ2) is 6.23. The summed E-state index contributed by atoms with van der Waals surface area (Å²) in [6, 6.07) is 0.495. The molecule has 1 aromatic carbocycles. The first-order valence-corrected chi connectivity index (χ1v) is 7.00. The predicted octanol–water partition coefficient (Wildman–Crippen LogP) is 1.49. The average Bonchev–Trinajstić information content (AvgIpc) is 2.26. The van der Waals surface area contributed by atoms with E-state index in [-0.39, 0.29) is 25.1 Å². The van der Waals surface area contributed by atoms with Gasteiger partial charge >= 0.3 is 5.97 Å². The van der Waals surface area contributed by atoms with E-state index in [1.807, 2.05) is 4.72 Å². The topological polar surface area (TPSA) is 83.5 Å². The predicted molar refractivity (Wildman–Crippen MR) is 62.9 cm³/mol. The Bertz CT molecular complexity index is 595.